The Balaban J connectivity index is 3.24. The molecule has 8 heavy (non-hydrogen) atoms. The highest BCUT2D eigenvalue weighted by Gasteiger charge is 2.09. The van der Waals surface area contributed by atoms with Crippen molar-refractivity contribution in [2.45, 2.75) is 32.3 Å². The van der Waals surface area contributed by atoms with Crippen molar-refractivity contribution < 1.29 is 5.11 Å². The molecule has 0 aromatic rings. The number of hydrogen-bond donors (Lipinski definition) is 1. The Hall–Kier alpha value is -0.300. The fourth-order valence-corrected chi connectivity index (χ4v) is 0.455. The maximum atomic E-state index is 9.10. The lowest BCUT2D eigenvalue weighted by molar-refractivity contribution is 0.0722. The van der Waals surface area contributed by atoms with Crippen molar-refractivity contribution in [1.82, 2.24) is 0 Å². The van der Waals surface area contributed by atoms with E-state index in [1.807, 2.05) is 6.08 Å². The molecule has 0 aromatic carbocycles. The van der Waals surface area contributed by atoms with Gasteiger partial charge in [0.05, 0.1) is 5.60 Å². The van der Waals surface area contributed by atoms with Crippen LogP contribution in [0.3, 0.4) is 0 Å². The first kappa shape index (κ1) is 7.70. The van der Waals surface area contributed by atoms with Crippen LogP contribution in [0.15, 0.2) is 12.7 Å². The third-order valence-electron chi connectivity index (χ3n) is 0.960. The smallest absolute Gasteiger partial charge is 0.0594 e. The highest BCUT2D eigenvalue weighted by Crippen LogP contribution is 2.09. The van der Waals surface area contributed by atoms with E-state index in [9.17, 15) is 0 Å². The first-order chi connectivity index (χ1) is 3.56. The molecule has 0 aliphatic carbocycles. The molecule has 0 fully saturated rings. The SMILES string of the molecule is C=CCCC(C)(C)O. The van der Waals surface area contributed by atoms with Gasteiger partial charge in [-0.15, -0.1) is 6.58 Å². The first-order valence-electron chi connectivity index (χ1n) is 2.89. The van der Waals surface area contributed by atoms with Gasteiger partial charge in [-0.25, -0.2) is 0 Å². The fourth-order valence-electron chi connectivity index (χ4n) is 0.455. The van der Waals surface area contributed by atoms with E-state index in [2.05, 4.69) is 6.58 Å². The molecule has 0 aromatic heterocycles. The molecule has 0 aliphatic rings. The molecule has 0 heterocycles. The molecule has 0 bridgehead atoms. The van der Waals surface area contributed by atoms with Crippen molar-refractivity contribution in [3.63, 3.8) is 0 Å². The minimum atomic E-state index is -0.520. The Bertz CT molecular complexity index is 68.9. The summed E-state index contributed by atoms with van der Waals surface area (Å²) in [6, 6.07) is 0. The van der Waals surface area contributed by atoms with Crippen molar-refractivity contribution >= 4 is 0 Å². The average molecular weight is 114 g/mol. The molecule has 1 nitrogen and oxygen atoms in total. The molecule has 0 saturated heterocycles. The van der Waals surface area contributed by atoms with E-state index in [0.717, 1.165) is 12.8 Å². The van der Waals surface area contributed by atoms with Crippen molar-refractivity contribution in [3.8, 4) is 0 Å². The molecular formula is C7H14O. The molecule has 0 spiro atoms. The van der Waals surface area contributed by atoms with Crippen LogP contribution in [0, 0.1) is 0 Å². The molecule has 0 aliphatic heterocycles. The van der Waals surface area contributed by atoms with Gasteiger partial charge < -0.3 is 5.11 Å². The summed E-state index contributed by atoms with van der Waals surface area (Å²) >= 11 is 0. The lowest BCUT2D eigenvalue weighted by Crippen LogP contribution is -2.17. The number of rotatable bonds is 3. The predicted molar refractivity (Wildman–Crippen MR) is 35.7 cm³/mol. The zero-order valence-corrected chi connectivity index (χ0v) is 5.65. The van der Waals surface area contributed by atoms with Crippen LogP contribution in [0.4, 0.5) is 0 Å². The van der Waals surface area contributed by atoms with E-state index in [0.29, 0.717) is 0 Å². The summed E-state index contributed by atoms with van der Waals surface area (Å²) in [6.07, 6.45) is 3.51. The summed E-state index contributed by atoms with van der Waals surface area (Å²) in [5.74, 6) is 0. The molecule has 1 heteroatoms. The van der Waals surface area contributed by atoms with E-state index in [-0.39, 0.29) is 0 Å². The standard InChI is InChI=1S/C7H14O/c1-4-5-6-7(2,3)8/h4,8H,1,5-6H2,2-3H3. The summed E-state index contributed by atoms with van der Waals surface area (Å²) in [7, 11) is 0. The molecule has 0 amide bonds. The summed E-state index contributed by atoms with van der Waals surface area (Å²) in [6.45, 7) is 7.16. The Morgan fingerprint density at radius 3 is 2.25 bits per heavy atom. The van der Waals surface area contributed by atoms with E-state index in [1.165, 1.54) is 0 Å². The van der Waals surface area contributed by atoms with Crippen LogP contribution < -0.4 is 0 Å². The van der Waals surface area contributed by atoms with Gasteiger partial charge in [-0.2, -0.15) is 0 Å². The number of aliphatic hydroxyl groups is 1. The van der Waals surface area contributed by atoms with E-state index >= 15 is 0 Å². The van der Waals surface area contributed by atoms with Gasteiger partial charge in [0.2, 0.25) is 0 Å². The van der Waals surface area contributed by atoms with E-state index in [1.54, 1.807) is 13.8 Å². The minimum Gasteiger partial charge on any atom is -0.390 e. The Labute approximate surface area is 51.0 Å². The van der Waals surface area contributed by atoms with Crippen LogP contribution in [0.25, 0.3) is 0 Å². The van der Waals surface area contributed by atoms with Gasteiger partial charge in [0.15, 0.2) is 0 Å². The monoisotopic (exact) mass is 114 g/mol. The molecule has 0 radical (unpaired) electrons. The van der Waals surface area contributed by atoms with Crippen LogP contribution in [0.1, 0.15) is 26.7 Å². The lowest BCUT2D eigenvalue weighted by Gasteiger charge is -2.14. The van der Waals surface area contributed by atoms with Crippen molar-refractivity contribution in [1.29, 1.82) is 0 Å². The highest BCUT2D eigenvalue weighted by atomic mass is 16.3. The lowest BCUT2D eigenvalue weighted by atomic mass is 10.0. The van der Waals surface area contributed by atoms with Crippen LogP contribution in [0.5, 0.6) is 0 Å². The Morgan fingerprint density at radius 1 is 1.62 bits per heavy atom. The van der Waals surface area contributed by atoms with Crippen molar-refractivity contribution in [3.05, 3.63) is 12.7 Å². The van der Waals surface area contributed by atoms with Gasteiger partial charge in [-0.3, -0.25) is 0 Å². The summed E-state index contributed by atoms with van der Waals surface area (Å²) in [5.41, 5.74) is -0.520. The maximum Gasteiger partial charge on any atom is 0.0594 e. The fraction of sp³-hybridized carbons (Fsp3) is 0.714. The zero-order valence-electron chi connectivity index (χ0n) is 5.65. The predicted octanol–water partition coefficient (Wildman–Crippen LogP) is 1.72. The summed E-state index contributed by atoms with van der Waals surface area (Å²) in [5, 5.41) is 9.10. The van der Waals surface area contributed by atoms with Gasteiger partial charge in [0.1, 0.15) is 0 Å². The summed E-state index contributed by atoms with van der Waals surface area (Å²) < 4.78 is 0. The van der Waals surface area contributed by atoms with Gasteiger partial charge in [0.25, 0.3) is 0 Å². The molecule has 0 unspecified atom stereocenters. The van der Waals surface area contributed by atoms with Gasteiger partial charge >= 0.3 is 0 Å². The maximum absolute atomic E-state index is 9.10. The summed E-state index contributed by atoms with van der Waals surface area (Å²) in [4.78, 5) is 0. The Morgan fingerprint density at radius 2 is 2.12 bits per heavy atom. The van der Waals surface area contributed by atoms with E-state index in [4.69, 9.17) is 5.11 Å². The molecule has 0 rings (SSSR count). The highest BCUT2D eigenvalue weighted by molar-refractivity contribution is 4.73. The number of allylic oxidation sites excluding steroid dienone is 1. The first-order valence-corrected chi connectivity index (χ1v) is 2.89. The second-order valence-electron chi connectivity index (χ2n) is 2.64. The van der Waals surface area contributed by atoms with Crippen LogP contribution >= 0.6 is 0 Å². The Kier molecular flexibility index (Phi) is 2.77. The topological polar surface area (TPSA) is 20.2 Å². The van der Waals surface area contributed by atoms with E-state index < -0.39 is 5.60 Å². The minimum absolute atomic E-state index is 0.520. The van der Waals surface area contributed by atoms with Crippen LogP contribution in [-0.2, 0) is 0 Å². The molecule has 0 atom stereocenters. The molecule has 1 N–H and O–H groups in total. The second kappa shape index (κ2) is 2.88. The number of hydrogen-bond acceptors (Lipinski definition) is 1. The normalized spacial score (nSPS) is 11.4. The van der Waals surface area contributed by atoms with Gasteiger partial charge in [0, 0.05) is 0 Å². The third kappa shape index (κ3) is 5.70. The van der Waals surface area contributed by atoms with Crippen molar-refractivity contribution in [2.24, 2.45) is 0 Å². The van der Waals surface area contributed by atoms with Crippen LogP contribution in [-0.4, -0.2) is 10.7 Å². The zero-order chi connectivity index (χ0) is 6.62. The van der Waals surface area contributed by atoms with Crippen molar-refractivity contribution in [2.75, 3.05) is 0 Å². The van der Waals surface area contributed by atoms with Gasteiger partial charge in [-0.1, -0.05) is 6.08 Å². The second-order valence-corrected chi connectivity index (χ2v) is 2.64. The largest absolute Gasteiger partial charge is 0.390 e. The van der Waals surface area contributed by atoms with Gasteiger partial charge in [-0.05, 0) is 26.7 Å². The quantitative estimate of drug-likeness (QED) is 0.554. The third-order valence-corrected chi connectivity index (χ3v) is 0.960. The molecule has 48 valence electrons. The average Bonchev–Trinajstić information content (AvgIpc) is 1.59. The van der Waals surface area contributed by atoms with Crippen LogP contribution in [0.2, 0.25) is 0 Å². The molecular weight excluding hydrogens is 100 g/mol. The molecule has 0 saturated carbocycles.